The summed E-state index contributed by atoms with van der Waals surface area (Å²) in [6.07, 6.45) is 1.42. The van der Waals surface area contributed by atoms with Gasteiger partial charge >= 0.3 is 0 Å². The number of halogens is 2. The Bertz CT molecular complexity index is 1490. The molecule has 3 N–H and O–H groups in total. The highest BCUT2D eigenvalue weighted by Crippen LogP contribution is 2.37. The van der Waals surface area contributed by atoms with Crippen molar-refractivity contribution in [1.82, 2.24) is 19.8 Å². The summed E-state index contributed by atoms with van der Waals surface area (Å²) in [6, 6.07) is 5.66. The van der Waals surface area contributed by atoms with E-state index < -0.39 is 23.1 Å². The smallest absolute Gasteiger partial charge is 0.259 e. The van der Waals surface area contributed by atoms with Gasteiger partial charge in [-0.2, -0.15) is 0 Å². The highest BCUT2D eigenvalue weighted by atomic mass is 19.1. The second-order valence-corrected chi connectivity index (χ2v) is 9.91. The lowest BCUT2D eigenvalue weighted by Gasteiger charge is -2.34. The molecule has 3 heterocycles. The first-order valence-electron chi connectivity index (χ1n) is 13.3. The van der Waals surface area contributed by atoms with Crippen molar-refractivity contribution < 1.29 is 13.6 Å². The first kappa shape index (κ1) is 26.8. The normalized spacial score (nSPS) is 16.8. The van der Waals surface area contributed by atoms with Crippen molar-refractivity contribution in [2.45, 2.75) is 13.8 Å². The van der Waals surface area contributed by atoms with Gasteiger partial charge in [-0.1, -0.05) is 13.8 Å². The number of aromatic amines is 1. The van der Waals surface area contributed by atoms with Crippen LogP contribution in [0.2, 0.25) is 0 Å². The maximum absolute atomic E-state index is 15.2. The van der Waals surface area contributed by atoms with Gasteiger partial charge in [0.1, 0.15) is 17.5 Å². The van der Waals surface area contributed by atoms with E-state index in [0.717, 1.165) is 38.8 Å². The van der Waals surface area contributed by atoms with Crippen LogP contribution in [0.4, 0.5) is 25.8 Å². The fourth-order valence-electron chi connectivity index (χ4n) is 5.04. The molecule has 3 aromatic rings. The Morgan fingerprint density at radius 2 is 1.79 bits per heavy atom. The van der Waals surface area contributed by atoms with Crippen molar-refractivity contribution in [2.24, 2.45) is 0 Å². The topological polar surface area (TPSA) is 96.6 Å². The zero-order valence-electron chi connectivity index (χ0n) is 22.4. The van der Waals surface area contributed by atoms with Crippen molar-refractivity contribution in [3.63, 3.8) is 0 Å². The average molecular weight is 538 g/mol. The highest BCUT2D eigenvalue weighted by Gasteiger charge is 2.28. The molecule has 39 heavy (non-hydrogen) atoms. The average Bonchev–Trinajstić information content (AvgIpc) is 3.21. The van der Waals surface area contributed by atoms with E-state index in [0.29, 0.717) is 36.6 Å². The second-order valence-electron chi connectivity index (χ2n) is 9.91. The molecule has 11 heteroatoms. The molecule has 1 amide bonds. The molecule has 1 aromatic heterocycles. The summed E-state index contributed by atoms with van der Waals surface area (Å²) in [5.41, 5.74) is 1.54. The third-order valence-electron chi connectivity index (χ3n) is 7.45. The number of H-pyrrole nitrogens is 1. The Labute approximate surface area is 225 Å². The number of anilines is 3. The second kappa shape index (κ2) is 11.1. The Morgan fingerprint density at radius 1 is 1.05 bits per heavy atom. The summed E-state index contributed by atoms with van der Waals surface area (Å²) < 4.78 is 29.9. The number of hydrogen-bond acceptors (Lipinski definition) is 7. The summed E-state index contributed by atoms with van der Waals surface area (Å²) in [4.78, 5) is 39.0. The number of carbonyl (C=O) groups is 1. The minimum absolute atomic E-state index is 0.100. The zero-order chi connectivity index (χ0) is 27.7. The molecule has 0 bridgehead atoms. The molecule has 0 saturated carbocycles. The number of aromatic nitrogens is 2. The third kappa shape index (κ3) is 5.50. The van der Waals surface area contributed by atoms with Gasteiger partial charge in [0.2, 0.25) is 0 Å². The molecule has 1 fully saturated rings. The van der Waals surface area contributed by atoms with E-state index in [4.69, 9.17) is 0 Å². The first-order chi connectivity index (χ1) is 18.8. The van der Waals surface area contributed by atoms with Gasteiger partial charge in [-0.3, -0.25) is 9.59 Å². The standard InChI is InChI=1S/C28H33F2N7O2/c1-4-36(5-2)7-6-31-24-15-22-19(13-20(24)29)28(39)34-26(32-22)14-18-17-12-21(30)25(16-23(17)33-27(18)38)37-10-8-35(3)9-11-37/h12-16,31H,4-11H2,1-3H3,(H,33,38)(H,32,34,39)/b18-14-. The fourth-order valence-corrected chi connectivity index (χ4v) is 5.04. The number of benzene rings is 2. The predicted molar refractivity (Wildman–Crippen MR) is 151 cm³/mol. The Balaban J connectivity index is 1.44. The lowest BCUT2D eigenvalue weighted by atomic mass is 10.0. The Morgan fingerprint density at radius 3 is 2.51 bits per heavy atom. The molecule has 9 nitrogen and oxygen atoms in total. The molecule has 0 atom stereocenters. The summed E-state index contributed by atoms with van der Waals surface area (Å²) in [5.74, 6) is -1.26. The van der Waals surface area contributed by atoms with Crippen LogP contribution < -0.4 is 21.1 Å². The number of carbonyl (C=O) groups excluding carboxylic acids is 1. The quantitative estimate of drug-likeness (QED) is 0.380. The van der Waals surface area contributed by atoms with Crippen molar-refractivity contribution >= 4 is 45.5 Å². The van der Waals surface area contributed by atoms with E-state index in [1.165, 1.54) is 18.2 Å². The van der Waals surface area contributed by atoms with Crippen LogP contribution in [0.25, 0.3) is 22.6 Å². The van der Waals surface area contributed by atoms with E-state index >= 15 is 4.39 Å². The highest BCUT2D eigenvalue weighted by molar-refractivity contribution is 6.35. The Hall–Kier alpha value is -3.83. The predicted octanol–water partition coefficient (Wildman–Crippen LogP) is 3.20. The maximum Gasteiger partial charge on any atom is 0.259 e. The lowest BCUT2D eigenvalue weighted by molar-refractivity contribution is -0.110. The molecule has 206 valence electrons. The monoisotopic (exact) mass is 537 g/mol. The van der Waals surface area contributed by atoms with E-state index in [2.05, 4.69) is 44.2 Å². The van der Waals surface area contributed by atoms with E-state index in [9.17, 15) is 14.0 Å². The van der Waals surface area contributed by atoms with Gasteiger partial charge in [0, 0.05) is 44.8 Å². The van der Waals surface area contributed by atoms with Crippen LogP contribution in [-0.4, -0.2) is 85.1 Å². The fraction of sp³-hybridized carbons (Fsp3) is 0.393. The van der Waals surface area contributed by atoms with Crippen LogP contribution in [0.5, 0.6) is 0 Å². The molecule has 0 radical (unpaired) electrons. The minimum Gasteiger partial charge on any atom is -0.381 e. The molecule has 0 aliphatic carbocycles. The summed E-state index contributed by atoms with van der Waals surface area (Å²) in [5, 5.41) is 5.98. The van der Waals surface area contributed by atoms with Gasteiger partial charge in [-0.05, 0) is 50.5 Å². The molecular weight excluding hydrogens is 504 g/mol. The van der Waals surface area contributed by atoms with Crippen molar-refractivity contribution in [1.29, 1.82) is 0 Å². The molecule has 1 saturated heterocycles. The van der Waals surface area contributed by atoms with Crippen molar-refractivity contribution in [3.8, 4) is 0 Å². The number of rotatable bonds is 8. The van der Waals surface area contributed by atoms with E-state index in [-0.39, 0.29) is 28.0 Å². The minimum atomic E-state index is -0.545. The number of hydrogen-bond donors (Lipinski definition) is 3. The van der Waals surface area contributed by atoms with Crippen LogP contribution in [0, 0.1) is 11.6 Å². The van der Waals surface area contributed by atoms with Crippen LogP contribution in [-0.2, 0) is 4.79 Å². The molecule has 2 aliphatic rings. The number of nitrogens with one attached hydrogen (secondary N) is 3. The summed E-state index contributed by atoms with van der Waals surface area (Å²) >= 11 is 0. The third-order valence-corrected chi connectivity index (χ3v) is 7.45. The van der Waals surface area contributed by atoms with Crippen LogP contribution >= 0.6 is 0 Å². The zero-order valence-corrected chi connectivity index (χ0v) is 22.4. The lowest BCUT2D eigenvalue weighted by Crippen LogP contribution is -2.44. The van der Waals surface area contributed by atoms with Gasteiger partial charge in [0.25, 0.3) is 11.5 Å². The number of fused-ring (bicyclic) bond motifs is 2. The van der Waals surface area contributed by atoms with Crippen LogP contribution in [0.15, 0.2) is 29.1 Å². The molecule has 2 aromatic carbocycles. The largest absolute Gasteiger partial charge is 0.381 e. The molecule has 0 unspecified atom stereocenters. The molecular formula is C28H33F2N7O2. The summed E-state index contributed by atoms with van der Waals surface area (Å²) in [7, 11) is 2.03. The number of amides is 1. The Kier molecular flexibility index (Phi) is 7.62. The van der Waals surface area contributed by atoms with Gasteiger partial charge < -0.3 is 30.3 Å². The first-order valence-corrected chi connectivity index (χ1v) is 13.3. The number of nitrogens with zero attached hydrogens (tertiary/aromatic N) is 4. The van der Waals surface area contributed by atoms with Gasteiger partial charge in [-0.25, -0.2) is 13.8 Å². The SMILES string of the molecule is CCN(CC)CCNc1cc2nc(/C=C3\C(=O)Nc4cc(N5CCN(C)CC5)c(F)cc43)[nH]c(=O)c2cc1F. The van der Waals surface area contributed by atoms with Gasteiger partial charge in [0.15, 0.2) is 0 Å². The van der Waals surface area contributed by atoms with E-state index in [1.54, 1.807) is 6.07 Å². The molecule has 2 aliphatic heterocycles. The van der Waals surface area contributed by atoms with Crippen LogP contribution in [0.3, 0.4) is 0 Å². The number of piperazine rings is 1. The maximum atomic E-state index is 15.2. The molecule has 5 rings (SSSR count). The van der Waals surface area contributed by atoms with E-state index in [1.807, 2.05) is 11.9 Å². The summed E-state index contributed by atoms with van der Waals surface area (Å²) in [6.45, 7) is 10.2. The number of likely N-dealkylation sites (N-methyl/N-ethyl adjacent to an activating group) is 2. The van der Waals surface area contributed by atoms with Crippen LogP contribution in [0.1, 0.15) is 25.2 Å². The van der Waals surface area contributed by atoms with Gasteiger partial charge in [0.05, 0.1) is 33.5 Å². The van der Waals surface area contributed by atoms with Crippen molar-refractivity contribution in [3.05, 3.63) is 57.6 Å². The van der Waals surface area contributed by atoms with Gasteiger partial charge in [-0.15, -0.1) is 0 Å². The van der Waals surface area contributed by atoms with Crippen molar-refractivity contribution in [2.75, 3.05) is 74.9 Å². The molecule has 0 spiro atoms.